The Balaban J connectivity index is 0.000000222. The number of rotatable bonds is 3. The molecule has 31 heavy (non-hydrogen) atoms. The second-order valence-corrected chi connectivity index (χ2v) is 6.47. The first kappa shape index (κ1) is 25.1. The molecule has 0 radical (unpaired) electrons. The third-order valence-corrected chi connectivity index (χ3v) is 4.13. The Bertz CT molecular complexity index is 978. The number of hydrogen-bond acceptors (Lipinski definition) is 2. The molecule has 0 aliphatic heterocycles. The fourth-order valence-electron chi connectivity index (χ4n) is 2.24. The van der Waals surface area contributed by atoms with Crippen LogP contribution in [0.3, 0.4) is 0 Å². The van der Waals surface area contributed by atoms with E-state index in [0.29, 0.717) is 0 Å². The van der Waals surface area contributed by atoms with E-state index in [1.807, 2.05) is 24.4 Å². The van der Waals surface area contributed by atoms with Crippen molar-refractivity contribution in [2.75, 3.05) is 0 Å². The van der Waals surface area contributed by atoms with E-state index < -0.39 is 28.8 Å². The summed E-state index contributed by atoms with van der Waals surface area (Å²) in [7, 11) is 0. The largest absolute Gasteiger partial charge is 0.256 e. The molecule has 0 bridgehead atoms. The Kier molecular flexibility index (Phi) is 6.50. The van der Waals surface area contributed by atoms with Crippen LogP contribution < -0.4 is 0 Å². The third-order valence-electron chi connectivity index (χ3n) is 3.83. The van der Waals surface area contributed by atoms with E-state index in [0.717, 1.165) is 21.8 Å². The second-order valence-electron chi connectivity index (χ2n) is 5.88. The Hall–Kier alpha value is -2.21. The van der Waals surface area contributed by atoms with Crippen molar-refractivity contribution in [3.63, 3.8) is 0 Å². The summed E-state index contributed by atoms with van der Waals surface area (Å²) in [6.45, 7) is 0. The van der Waals surface area contributed by atoms with Gasteiger partial charge in [0.25, 0.3) is 0 Å². The van der Waals surface area contributed by atoms with Crippen molar-refractivity contribution in [2.24, 2.45) is 0 Å². The van der Waals surface area contributed by atoms with Gasteiger partial charge < -0.3 is 0 Å². The minimum atomic E-state index is -7.39. The first-order valence-electron chi connectivity index (χ1n) is 7.76. The zero-order valence-electron chi connectivity index (χ0n) is 14.5. The maximum atomic E-state index is 12.2. The van der Waals surface area contributed by atoms with Gasteiger partial charge in [-0.2, -0.15) is 0 Å². The van der Waals surface area contributed by atoms with Gasteiger partial charge in [0.15, 0.2) is 0 Å². The molecule has 2 nitrogen and oxygen atoms in total. The molecule has 0 unspecified atom stereocenters. The number of nitrogens with zero attached hydrogens (tertiary/aromatic N) is 2. The molecule has 2 heterocycles. The van der Waals surface area contributed by atoms with E-state index >= 15 is 0 Å². The molecule has 0 amide bonds. The number of aromatic nitrogens is 2. The number of pyridine rings is 2. The molecule has 0 aliphatic rings. The molecule has 3 rings (SSSR count). The van der Waals surface area contributed by atoms with Crippen LogP contribution in [0.4, 0.5) is 48.3 Å². The van der Waals surface area contributed by atoms with Crippen molar-refractivity contribution >= 4 is 21.8 Å². The molecular weight excluding hydrogens is 505 g/mol. The standard InChI is InChI=1S/C12H8N2.C5F11.Cu/c1-3-9-5-6-11-10(4-2-7-13-11)12(9)14-8-1;6-1(7)2(8,9)3(10,11)4(12,13)5(14,15)16;/h1-8H;;. The zero-order valence-corrected chi connectivity index (χ0v) is 15.4. The normalized spacial score (nSPS) is 13.8. The smallest absolute Gasteiger partial charge is 0.0795 e. The molecule has 0 saturated heterocycles. The fraction of sp³-hybridized carbons (Fsp3) is 0.294. The van der Waals surface area contributed by atoms with Crippen molar-refractivity contribution < 1.29 is 64.3 Å². The van der Waals surface area contributed by atoms with Gasteiger partial charge in [-0.05, 0) is 24.3 Å². The molecule has 1 aromatic carbocycles. The van der Waals surface area contributed by atoms with Crippen LogP contribution in [0, 0.1) is 0 Å². The maximum absolute atomic E-state index is 12.2. The van der Waals surface area contributed by atoms with Gasteiger partial charge in [0.1, 0.15) is 0 Å². The Morgan fingerprint density at radius 3 is 1.71 bits per heavy atom. The van der Waals surface area contributed by atoms with Crippen molar-refractivity contribution in [3.8, 4) is 0 Å². The molecule has 0 saturated carbocycles. The summed E-state index contributed by atoms with van der Waals surface area (Å²) in [5.74, 6) is -21.8. The minimum absolute atomic E-state index is 0.999. The number of hydrogen-bond donors (Lipinski definition) is 0. The Morgan fingerprint density at radius 1 is 0.613 bits per heavy atom. The van der Waals surface area contributed by atoms with Crippen LogP contribution in [0.1, 0.15) is 0 Å². The van der Waals surface area contributed by atoms with Crippen molar-refractivity contribution in [3.05, 3.63) is 48.8 Å². The fourth-order valence-corrected chi connectivity index (χ4v) is 2.39. The zero-order chi connectivity index (χ0) is 23.9. The topological polar surface area (TPSA) is 25.8 Å². The molecule has 3 aromatic rings. The van der Waals surface area contributed by atoms with Crippen molar-refractivity contribution in [1.29, 1.82) is 0 Å². The number of benzene rings is 1. The Morgan fingerprint density at radius 2 is 1.16 bits per heavy atom. The average molecular weight is 513 g/mol. The average Bonchev–Trinajstić information content (AvgIpc) is 2.66. The summed E-state index contributed by atoms with van der Waals surface area (Å²) < 4.78 is 130. The number of fused-ring (bicyclic) bond motifs is 3. The first-order chi connectivity index (χ1) is 13.9. The number of halogens is 11. The monoisotopic (exact) mass is 512 g/mol. The molecule has 0 spiro atoms. The summed E-state index contributed by atoms with van der Waals surface area (Å²) in [6.07, 6.45) is -3.52. The summed E-state index contributed by atoms with van der Waals surface area (Å²) in [4.78, 5) is 2.46. The molecule has 0 aliphatic carbocycles. The van der Waals surface area contributed by atoms with Gasteiger partial charge >= 0.3 is 93.1 Å². The van der Waals surface area contributed by atoms with E-state index in [1.54, 1.807) is 6.20 Å². The third kappa shape index (κ3) is 4.40. The number of alkyl halides is 11. The van der Waals surface area contributed by atoms with Crippen LogP contribution in [-0.4, -0.2) is 38.7 Å². The summed E-state index contributed by atoms with van der Waals surface area (Å²) >= 11 is 2.67. The molecular formula is C17H8CuF11N2. The van der Waals surface area contributed by atoms with Gasteiger partial charge in [-0.1, -0.05) is 12.1 Å². The van der Waals surface area contributed by atoms with Gasteiger partial charge in [0.05, 0.1) is 11.0 Å². The molecule has 174 valence electrons. The van der Waals surface area contributed by atoms with Gasteiger partial charge in [-0.25, -0.2) is 0 Å². The minimum Gasteiger partial charge on any atom is -0.256 e. The quantitative estimate of drug-likeness (QED) is 0.231. The molecule has 2 aromatic heterocycles. The predicted molar refractivity (Wildman–Crippen MR) is 82.9 cm³/mol. The van der Waals surface area contributed by atoms with Crippen LogP contribution in [0.15, 0.2) is 48.8 Å². The van der Waals surface area contributed by atoms with Gasteiger partial charge in [0.2, 0.25) is 0 Å². The van der Waals surface area contributed by atoms with E-state index in [-0.39, 0.29) is 0 Å². The second kappa shape index (κ2) is 8.05. The van der Waals surface area contributed by atoms with E-state index in [2.05, 4.69) is 44.2 Å². The summed E-state index contributed by atoms with van der Waals surface area (Å²) in [5.41, 5.74) is 2.02. The van der Waals surface area contributed by atoms with Gasteiger partial charge in [-0.3, -0.25) is 9.97 Å². The molecule has 14 heteroatoms. The van der Waals surface area contributed by atoms with Crippen molar-refractivity contribution in [2.45, 2.75) is 28.8 Å². The van der Waals surface area contributed by atoms with Crippen LogP contribution in [0.2, 0.25) is 0 Å². The van der Waals surface area contributed by atoms with Crippen LogP contribution in [-0.2, 0) is 16.0 Å². The maximum Gasteiger partial charge on any atom is 0.0795 e. The van der Waals surface area contributed by atoms with Gasteiger partial charge in [-0.15, -0.1) is 0 Å². The Labute approximate surface area is 174 Å². The van der Waals surface area contributed by atoms with Crippen molar-refractivity contribution in [1.82, 2.24) is 9.97 Å². The summed E-state index contributed by atoms with van der Waals surface area (Å²) in [5, 5.41) is 2.28. The van der Waals surface area contributed by atoms with Crippen LogP contribution in [0.5, 0.6) is 0 Å². The van der Waals surface area contributed by atoms with E-state index in [1.165, 1.54) is 0 Å². The SMILES string of the molecule is FC(F)(F)C(F)(F)C(F)(F)C(F)(F)[C](F)(F)[Cu].c1cnc2c(c1)ccc1ncccc12. The van der Waals surface area contributed by atoms with Crippen LogP contribution in [0.25, 0.3) is 21.8 Å². The first-order valence-corrected chi connectivity index (χ1v) is 8.24. The molecule has 0 atom stereocenters. The van der Waals surface area contributed by atoms with E-state index in [9.17, 15) is 48.3 Å². The predicted octanol–water partition coefficient (Wildman–Crippen LogP) is 6.38. The van der Waals surface area contributed by atoms with E-state index in [4.69, 9.17) is 0 Å². The molecule has 0 fully saturated rings. The molecule has 0 N–H and O–H groups in total. The van der Waals surface area contributed by atoms with Crippen LogP contribution >= 0.6 is 0 Å². The van der Waals surface area contributed by atoms with Gasteiger partial charge in [0, 0.05) is 23.2 Å². The summed E-state index contributed by atoms with van der Waals surface area (Å²) in [6, 6.07) is 12.1.